The largest absolute Gasteiger partial charge is 0.433 e. The second-order valence-electron chi connectivity index (χ2n) is 10.5. The van der Waals surface area contributed by atoms with E-state index < -0.39 is 12.5 Å². The molecule has 0 spiro atoms. The number of piperidine rings is 1. The van der Waals surface area contributed by atoms with Gasteiger partial charge in [0.15, 0.2) is 5.75 Å². The van der Waals surface area contributed by atoms with E-state index in [1.165, 1.54) is 31.5 Å². The lowest BCUT2D eigenvalue weighted by molar-refractivity contribution is -0.111. The highest BCUT2D eigenvalue weighted by Gasteiger charge is 2.28. The second-order valence-corrected chi connectivity index (χ2v) is 10.5. The Morgan fingerprint density at radius 3 is 2.51 bits per heavy atom. The Bertz CT molecular complexity index is 1470. The van der Waals surface area contributed by atoms with Crippen molar-refractivity contribution in [3.05, 3.63) is 60.9 Å². The number of halogens is 2. The van der Waals surface area contributed by atoms with Crippen LogP contribution in [0.15, 0.2) is 55.4 Å². The first kappa shape index (κ1) is 29.9. The third kappa shape index (κ3) is 7.08. The summed E-state index contributed by atoms with van der Waals surface area (Å²) < 4.78 is 32.2. The molecule has 2 aliphatic heterocycles. The zero-order valence-corrected chi connectivity index (χ0v) is 24.1. The highest BCUT2D eigenvalue weighted by atomic mass is 19.3. The fourth-order valence-electron chi connectivity index (χ4n) is 5.76. The summed E-state index contributed by atoms with van der Waals surface area (Å²) in [4.78, 5) is 25.7. The molecule has 0 saturated carbocycles. The van der Waals surface area contributed by atoms with E-state index in [1.807, 2.05) is 12.1 Å². The number of hydrogen-bond acceptors (Lipinski definition) is 9. The number of aromatic nitrogens is 2. The summed E-state index contributed by atoms with van der Waals surface area (Å²) in [7, 11) is 1.77. The van der Waals surface area contributed by atoms with Crippen molar-refractivity contribution in [1.29, 1.82) is 5.41 Å². The zero-order valence-electron chi connectivity index (χ0n) is 24.1. The maximum absolute atomic E-state index is 13.6. The Hall–Kier alpha value is -4.58. The van der Waals surface area contributed by atoms with Crippen LogP contribution >= 0.6 is 0 Å². The van der Waals surface area contributed by atoms with Gasteiger partial charge < -0.3 is 35.9 Å². The van der Waals surface area contributed by atoms with Crippen LogP contribution in [-0.2, 0) is 4.79 Å². The molecule has 2 aliphatic rings. The molecule has 0 bridgehead atoms. The molecule has 0 radical (unpaired) electrons. The number of amides is 1. The topological polar surface area (TPSA) is 118 Å². The molecule has 2 aromatic carbocycles. The van der Waals surface area contributed by atoms with Gasteiger partial charge in [0.25, 0.3) is 0 Å². The summed E-state index contributed by atoms with van der Waals surface area (Å²) in [5.74, 6) is -0.151. The molecule has 3 aromatic rings. The second kappa shape index (κ2) is 13.6. The third-order valence-electron chi connectivity index (χ3n) is 7.92. The molecule has 0 unspecified atom stereocenters. The lowest BCUT2D eigenvalue weighted by Gasteiger charge is -2.38. The summed E-state index contributed by atoms with van der Waals surface area (Å²) in [6.07, 6.45) is 8.13. The number of anilines is 5. The molecule has 10 nitrogen and oxygen atoms in total. The summed E-state index contributed by atoms with van der Waals surface area (Å²) in [5.41, 5.74) is 4.10. The van der Waals surface area contributed by atoms with E-state index in [4.69, 9.17) is 10.1 Å². The van der Waals surface area contributed by atoms with Crippen molar-refractivity contribution in [2.24, 2.45) is 0 Å². The van der Waals surface area contributed by atoms with Crippen LogP contribution < -0.4 is 25.6 Å². The number of benzene rings is 2. The number of hydrogen-bond donors (Lipinski definition) is 4. The van der Waals surface area contributed by atoms with Crippen LogP contribution in [0, 0.1) is 5.41 Å². The smallest absolute Gasteiger partial charge is 0.387 e. The third-order valence-corrected chi connectivity index (χ3v) is 7.92. The fourth-order valence-corrected chi connectivity index (χ4v) is 5.76. The van der Waals surface area contributed by atoms with Crippen LogP contribution in [0.1, 0.15) is 31.2 Å². The van der Waals surface area contributed by atoms with Crippen LogP contribution in [0.5, 0.6) is 5.75 Å². The van der Waals surface area contributed by atoms with Crippen molar-refractivity contribution < 1.29 is 18.3 Å². The van der Waals surface area contributed by atoms with Gasteiger partial charge in [-0.2, -0.15) is 8.78 Å². The van der Waals surface area contributed by atoms with Gasteiger partial charge in [0, 0.05) is 61.3 Å². The molecular formula is C31H36F2N8O2. The zero-order chi connectivity index (χ0) is 30.3. The van der Waals surface area contributed by atoms with Crippen LogP contribution in [0.25, 0.3) is 11.3 Å². The van der Waals surface area contributed by atoms with Crippen molar-refractivity contribution in [3.63, 3.8) is 0 Å². The number of nitrogens with zero attached hydrogens (tertiary/aromatic N) is 4. The van der Waals surface area contributed by atoms with E-state index in [1.54, 1.807) is 31.3 Å². The Morgan fingerprint density at radius 1 is 1.07 bits per heavy atom. The summed E-state index contributed by atoms with van der Waals surface area (Å²) in [6.45, 7) is 4.18. The first-order valence-corrected chi connectivity index (χ1v) is 14.4. The molecule has 0 aliphatic carbocycles. The molecule has 1 aromatic heterocycles. The van der Waals surface area contributed by atoms with Gasteiger partial charge in [0.1, 0.15) is 12.1 Å². The lowest BCUT2D eigenvalue weighted by Crippen LogP contribution is -2.44. The molecule has 4 N–H and O–H groups in total. The van der Waals surface area contributed by atoms with Gasteiger partial charge in [0.05, 0.1) is 22.8 Å². The van der Waals surface area contributed by atoms with Gasteiger partial charge in [-0.3, -0.25) is 4.79 Å². The van der Waals surface area contributed by atoms with Gasteiger partial charge in [-0.15, -0.1) is 0 Å². The maximum Gasteiger partial charge on any atom is 0.387 e. The van der Waals surface area contributed by atoms with Crippen molar-refractivity contribution in [2.45, 2.75) is 38.3 Å². The van der Waals surface area contributed by atoms with Crippen LogP contribution in [0.3, 0.4) is 0 Å². The molecule has 2 fully saturated rings. The molecule has 5 rings (SSSR count). The molecule has 0 atom stereocenters. The summed E-state index contributed by atoms with van der Waals surface area (Å²) in [6, 6.07) is 10.8. The quantitative estimate of drug-likeness (QED) is 0.166. The van der Waals surface area contributed by atoms with Crippen molar-refractivity contribution in [1.82, 2.24) is 14.9 Å². The standard InChI is InChI=1S/C31H36F2N8O2/c1-3-30(42)39-25-15-26(38-29-16-24(36-19-37-29)20-6-7-21(18-34)23(14-20)35-2)28(43-31(32)33)17-27(25)41-12-8-22(9-13-41)40-10-4-5-11-40/h3,6-7,14-19,22,31,34-35H,1,4-5,8-13H2,2H3,(H,39,42)(H,36,37,38). The molecular weight excluding hydrogens is 554 g/mol. The van der Waals surface area contributed by atoms with Gasteiger partial charge in [0.2, 0.25) is 5.91 Å². The molecule has 3 heterocycles. The molecule has 1 amide bonds. The summed E-state index contributed by atoms with van der Waals surface area (Å²) >= 11 is 0. The van der Waals surface area contributed by atoms with E-state index in [0.29, 0.717) is 28.9 Å². The number of nitrogens with one attached hydrogen (secondary N) is 4. The van der Waals surface area contributed by atoms with Gasteiger partial charge >= 0.3 is 6.61 Å². The molecule has 226 valence electrons. The lowest BCUT2D eigenvalue weighted by atomic mass is 10.0. The Balaban J connectivity index is 1.46. The van der Waals surface area contributed by atoms with E-state index in [2.05, 4.69) is 42.3 Å². The van der Waals surface area contributed by atoms with Crippen LogP contribution in [0.4, 0.5) is 37.3 Å². The Morgan fingerprint density at radius 2 is 1.84 bits per heavy atom. The van der Waals surface area contributed by atoms with Gasteiger partial charge in [-0.25, -0.2) is 9.97 Å². The van der Waals surface area contributed by atoms with E-state index in [-0.39, 0.29) is 11.4 Å². The number of carbonyl (C=O) groups is 1. The highest BCUT2D eigenvalue weighted by molar-refractivity contribution is 6.02. The van der Waals surface area contributed by atoms with Gasteiger partial charge in [-0.05, 0) is 57.0 Å². The minimum atomic E-state index is -3.06. The molecule has 12 heteroatoms. The van der Waals surface area contributed by atoms with E-state index >= 15 is 0 Å². The van der Waals surface area contributed by atoms with E-state index in [9.17, 15) is 13.6 Å². The Kier molecular flexibility index (Phi) is 9.45. The first-order chi connectivity index (χ1) is 20.9. The normalized spacial score (nSPS) is 15.8. The average molecular weight is 591 g/mol. The minimum Gasteiger partial charge on any atom is -0.433 e. The highest BCUT2D eigenvalue weighted by Crippen LogP contribution is 2.41. The number of alkyl halides is 2. The summed E-state index contributed by atoms with van der Waals surface area (Å²) in [5, 5.41) is 16.6. The van der Waals surface area contributed by atoms with Crippen molar-refractivity contribution >= 4 is 40.7 Å². The predicted molar refractivity (Wildman–Crippen MR) is 166 cm³/mol. The number of ether oxygens (including phenoxy) is 1. The average Bonchev–Trinajstić information content (AvgIpc) is 3.57. The molecule has 2 saturated heterocycles. The van der Waals surface area contributed by atoms with Crippen LogP contribution in [0.2, 0.25) is 0 Å². The van der Waals surface area contributed by atoms with Crippen LogP contribution in [-0.4, -0.2) is 72.9 Å². The SMILES string of the molecule is C=CC(=O)Nc1cc(Nc2cc(-c3ccc(C=N)c(NC)c3)ncn2)c(OC(F)F)cc1N1CCC(N2CCCC2)CC1. The fraction of sp³-hybridized carbons (Fsp3) is 0.355. The van der Waals surface area contributed by atoms with E-state index in [0.717, 1.165) is 55.8 Å². The predicted octanol–water partition coefficient (Wildman–Crippen LogP) is 5.72. The number of likely N-dealkylation sites (tertiary alicyclic amines) is 1. The van der Waals surface area contributed by atoms with Crippen molar-refractivity contribution in [3.8, 4) is 17.0 Å². The van der Waals surface area contributed by atoms with Gasteiger partial charge in [-0.1, -0.05) is 18.7 Å². The molecule has 43 heavy (non-hydrogen) atoms. The monoisotopic (exact) mass is 590 g/mol. The first-order valence-electron chi connectivity index (χ1n) is 14.4. The maximum atomic E-state index is 13.6. The number of carbonyl (C=O) groups excluding carboxylic acids is 1. The van der Waals surface area contributed by atoms with Crippen molar-refractivity contribution in [2.75, 3.05) is 54.1 Å². The number of rotatable bonds is 11. The minimum absolute atomic E-state index is 0.0729. The Labute approximate surface area is 249 Å².